The molecule has 3 N–H and O–H groups in total. The molecular formula is C14H13FN2O2S2. The number of amides is 2. The Morgan fingerprint density at radius 3 is 2.62 bits per heavy atom. The predicted molar refractivity (Wildman–Crippen MR) is 83.2 cm³/mol. The molecule has 1 aromatic heterocycles. The minimum atomic E-state index is -0.563. The number of anilines is 1. The summed E-state index contributed by atoms with van der Waals surface area (Å²) in [6.07, 6.45) is 0.290. The molecule has 0 saturated carbocycles. The number of nitrogens with two attached hydrogens (primary N) is 1. The summed E-state index contributed by atoms with van der Waals surface area (Å²) < 4.78 is 12.7. The molecule has 0 aliphatic carbocycles. The largest absolute Gasteiger partial charge is 0.366 e. The molecule has 0 aliphatic rings. The van der Waals surface area contributed by atoms with Gasteiger partial charge in [0.05, 0.1) is 5.56 Å². The lowest BCUT2D eigenvalue weighted by Gasteiger charge is -2.04. The Kier molecular flexibility index (Phi) is 5.35. The summed E-state index contributed by atoms with van der Waals surface area (Å²) in [6, 6.07) is 7.68. The number of thiophene rings is 1. The van der Waals surface area contributed by atoms with Gasteiger partial charge in [-0.1, -0.05) is 0 Å². The normalized spacial score (nSPS) is 10.3. The molecule has 0 unspecified atom stereocenters. The van der Waals surface area contributed by atoms with Crippen molar-refractivity contribution in [1.82, 2.24) is 0 Å². The maximum atomic E-state index is 12.7. The van der Waals surface area contributed by atoms with E-state index in [0.29, 0.717) is 16.3 Å². The smallest absolute Gasteiger partial charge is 0.251 e. The SMILES string of the molecule is NC(=O)c1ccsc1NC(=O)CCSc1ccc(F)cc1. The second kappa shape index (κ2) is 7.24. The summed E-state index contributed by atoms with van der Waals surface area (Å²) in [7, 11) is 0. The number of nitrogens with one attached hydrogen (secondary N) is 1. The van der Waals surface area contributed by atoms with Crippen molar-refractivity contribution in [3.05, 3.63) is 47.1 Å². The number of benzene rings is 1. The minimum absolute atomic E-state index is 0.186. The number of primary amides is 1. The third kappa shape index (κ3) is 4.57. The number of carbonyl (C=O) groups is 2. The second-order valence-corrected chi connectivity index (χ2v) is 6.21. The molecule has 1 aromatic carbocycles. The number of hydrogen-bond donors (Lipinski definition) is 2. The van der Waals surface area contributed by atoms with Gasteiger partial charge in [-0.3, -0.25) is 9.59 Å². The van der Waals surface area contributed by atoms with Crippen molar-refractivity contribution in [2.75, 3.05) is 11.1 Å². The first-order valence-corrected chi connectivity index (χ1v) is 7.98. The van der Waals surface area contributed by atoms with E-state index in [2.05, 4.69) is 5.32 Å². The van der Waals surface area contributed by atoms with Crippen LogP contribution in [-0.4, -0.2) is 17.6 Å². The van der Waals surface area contributed by atoms with E-state index in [9.17, 15) is 14.0 Å². The highest BCUT2D eigenvalue weighted by molar-refractivity contribution is 7.99. The molecule has 0 bridgehead atoms. The lowest BCUT2D eigenvalue weighted by Crippen LogP contribution is -2.16. The summed E-state index contributed by atoms with van der Waals surface area (Å²) in [5.41, 5.74) is 5.52. The van der Waals surface area contributed by atoms with E-state index < -0.39 is 5.91 Å². The Morgan fingerprint density at radius 2 is 1.95 bits per heavy atom. The number of carbonyl (C=O) groups excluding carboxylic acids is 2. The zero-order chi connectivity index (χ0) is 15.2. The van der Waals surface area contributed by atoms with Gasteiger partial charge in [0.1, 0.15) is 10.8 Å². The van der Waals surface area contributed by atoms with Gasteiger partial charge in [0.15, 0.2) is 0 Å². The predicted octanol–water partition coefficient (Wildman–Crippen LogP) is 3.11. The third-order valence-electron chi connectivity index (χ3n) is 2.60. The molecule has 7 heteroatoms. The number of rotatable bonds is 6. The van der Waals surface area contributed by atoms with Gasteiger partial charge in [-0.15, -0.1) is 23.1 Å². The molecule has 0 radical (unpaired) electrons. The van der Waals surface area contributed by atoms with Crippen LogP contribution >= 0.6 is 23.1 Å². The highest BCUT2D eigenvalue weighted by Gasteiger charge is 2.12. The molecule has 0 saturated heterocycles. The van der Waals surface area contributed by atoms with Gasteiger partial charge in [-0.25, -0.2) is 4.39 Å². The fourth-order valence-corrected chi connectivity index (χ4v) is 3.24. The molecule has 4 nitrogen and oxygen atoms in total. The van der Waals surface area contributed by atoms with Crippen molar-refractivity contribution >= 4 is 39.9 Å². The van der Waals surface area contributed by atoms with Crippen LogP contribution in [0.5, 0.6) is 0 Å². The van der Waals surface area contributed by atoms with Crippen molar-refractivity contribution in [2.24, 2.45) is 5.73 Å². The Hall–Kier alpha value is -1.86. The number of hydrogen-bond acceptors (Lipinski definition) is 4. The average Bonchev–Trinajstić information content (AvgIpc) is 2.89. The van der Waals surface area contributed by atoms with Crippen molar-refractivity contribution in [3.8, 4) is 0 Å². The van der Waals surface area contributed by atoms with E-state index in [-0.39, 0.29) is 18.1 Å². The lowest BCUT2D eigenvalue weighted by molar-refractivity contribution is -0.115. The van der Waals surface area contributed by atoms with Crippen molar-refractivity contribution in [3.63, 3.8) is 0 Å². The molecule has 110 valence electrons. The van der Waals surface area contributed by atoms with Gasteiger partial charge in [0, 0.05) is 17.1 Å². The summed E-state index contributed by atoms with van der Waals surface area (Å²) in [6.45, 7) is 0. The molecular weight excluding hydrogens is 311 g/mol. The molecule has 0 atom stereocenters. The minimum Gasteiger partial charge on any atom is -0.366 e. The number of halogens is 1. The van der Waals surface area contributed by atoms with Crippen molar-refractivity contribution in [2.45, 2.75) is 11.3 Å². The Balaban J connectivity index is 1.81. The standard InChI is InChI=1S/C14H13FN2O2S2/c15-9-1-3-10(4-2-9)20-8-6-12(18)17-14-11(13(16)19)5-7-21-14/h1-5,7H,6,8H2,(H2,16,19)(H,17,18). The zero-order valence-electron chi connectivity index (χ0n) is 11.0. The molecule has 0 spiro atoms. The van der Waals surface area contributed by atoms with Crippen molar-refractivity contribution in [1.29, 1.82) is 0 Å². The van der Waals surface area contributed by atoms with Crippen LogP contribution in [0.2, 0.25) is 0 Å². The topological polar surface area (TPSA) is 72.2 Å². The highest BCUT2D eigenvalue weighted by atomic mass is 32.2. The molecule has 2 rings (SSSR count). The number of thioether (sulfide) groups is 1. The van der Waals surface area contributed by atoms with Crippen LogP contribution in [0.1, 0.15) is 16.8 Å². The van der Waals surface area contributed by atoms with Crippen LogP contribution in [0.3, 0.4) is 0 Å². The molecule has 0 fully saturated rings. The van der Waals surface area contributed by atoms with E-state index in [1.165, 1.54) is 35.2 Å². The van der Waals surface area contributed by atoms with Gasteiger partial charge in [0.2, 0.25) is 5.91 Å². The van der Waals surface area contributed by atoms with E-state index in [0.717, 1.165) is 4.90 Å². The molecule has 1 heterocycles. The van der Waals surface area contributed by atoms with Gasteiger partial charge in [0.25, 0.3) is 5.91 Å². The van der Waals surface area contributed by atoms with Gasteiger partial charge in [-0.05, 0) is 35.7 Å². The monoisotopic (exact) mass is 324 g/mol. The Labute approximate surface area is 129 Å². The lowest BCUT2D eigenvalue weighted by atomic mass is 10.3. The molecule has 2 amide bonds. The van der Waals surface area contributed by atoms with Crippen LogP contribution in [0, 0.1) is 5.82 Å². The van der Waals surface area contributed by atoms with E-state index in [1.807, 2.05) is 0 Å². The van der Waals surface area contributed by atoms with Crippen LogP contribution in [0.4, 0.5) is 9.39 Å². The van der Waals surface area contributed by atoms with Crippen LogP contribution in [0.25, 0.3) is 0 Å². The summed E-state index contributed by atoms with van der Waals surface area (Å²) in [5.74, 6) is -0.468. The molecule has 0 aliphatic heterocycles. The maximum Gasteiger partial charge on any atom is 0.251 e. The Bertz CT molecular complexity index is 641. The highest BCUT2D eigenvalue weighted by Crippen LogP contribution is 2.23. The van der Waals surface area contributed by atoms with Gasteiger partial charge in [-0.2, -0.15) is 0 Å². The average molecular weight is 324 g/mol. The second-order valence-electron chi connectivity index (χ2n) is 4.13. The fraction of sp³-hybridized carbons (Fsp3) is 0.143. The van der Waals surface area contributed by atoms with Gasteiger partial charge >= 0.3 is 0 Å². The van der Waals surface area contributed by atoms with Gasteiger partial charge < -0.3 is 11.1 Å². The van der Waals surface area contributed by atoms with E-state index in [1.54, 1.807) is 23.6 Å². The first kappa shape index (κ1) is 15.5. The molecule has 2 aromatic rings. The third-order valence-corrected chi connectivity index (χ3v) is 4.44. The van der Waals surface area contributed by atoms with Crippen LogP contribution in [-0.2, 0) is 4.79 Å². The van der Waals surface area contributed by atoms with Crippen LogP contribution in [0.15, 0.2) is 40.6 Å². The van der Waals surface area contributed by atoms with E-state index >= 15 is 0 Å². The van der Waals surface area contributed by atoms with Crippen molar-refractivity contribution < 1.29 is 14.0 Å². The summed E-state index contributed by atoms with van der Waals surface area (Å²) >= 11 is 2.72. The molecule has 21 heavy (non-hydrogen) atoms. The summed E-state index contributed by atoms with van der Waals surface area (Å²) in [5, 5.41) is 4.84. The first-order valence-electron chi connectivity index (χ1n) is 6.12. The maximum absolute atomic E-state index is 12.7. The quantitative estimate of drug-likeness (QED) is 0.802. The first-order chi connectivity index (χ1) is 10.1. The van der Waals surface area contributed by atoms with Crippen LogP contribution < -0.4 is 11.1 Å². The Morgan fingerprint density at radius 1 is 1.24 bits per heavy atom. The summed E-state index contributed by atoms with van der Waals surface area (Å²) in [4.78, 5) is 23.8. The van der Waals surface area contributed by atoms with E-state index in [4.69, 9.17) is 5.73 Å². The zero-order valence-corrected chi connectivity index (χ0v) is 12.6. The fourth-order valence-electron chi connectivity index (χ4n) is 1.58.